The fourth-order valence-corrected chi connectivity index (χ4v) is 3.87. The summed E-state index contributed by atoms with van der Waals surface area (Å²) in [4.78, 5) is 0. The molecule has 0 amide bonds. The fourth-order valence-electron chi connectivity index (χ4n) is 3.87. The van der Waals surface area contributed by atoms with E-state index in [1.54, 1.807) is 0 Å². The third-order valence-electron chi connectivity index (χ3n) is 5.20. The van der Waals surface area contributed by atoms with Gasteiger partial charge in [-0.15, -0.1) is 0 Å². The molecule has 0 radical (unpaired) electrons. The van der Waals surface area contributed by atoms with Crippen LogP contribution >= 0.6 is 0 Å². The minimum absolute atomic E-state index is 0.110. The number of para-hydroxylation sites is 2. The molecule has 1 heteroatoms. The van der Waals surface area contributed by atoms with Crippen LogP contribution in [-0.4, -0.2) is 0 Å². The standard InChI is InChI=1S/C24H34O/c1-7-17-23(3,4)19-13-9-11-15-21(19)25-22-16-12-10-14-20(22)24(5,6)18-8-2/h9-16H,7-8,17-18H2,1-6H3. The van der Waals surface area contributed by atoms with Crippen molar-refractivity contribution in [3.63, 3.8) is 0 Å². The van der Waals surface area contributed by atoms with Crippen LogP contribution < -0.4 is 4.74 Å². The summed E-state index contributed by atoms with van der Waals surface area (Å²) in [6, 6.07) is 17.0. The zero-order valence-corrected chi connectivity index (χ0v) is 16.9. The summed E-state index contributed by atoms with van der Waals surface area (Å²) in [6.07, 6.45) is 4.63. The van der Waals surface area contributed by atoms with Gasteiger partial charge in [-0.1, -0.05) is 90.8 Å². The Labute approximate surface area is 154 Å². The molecule has 0 atom stereocenters. The first-order chi connectivity index (χ1) is 11.8. The third kappa shape index (κ3) is 4.66. The molecule has 2 aromatic carbocycles. The zero-order valence-electron chi connectivity index (χ0n) is 16.9. The number of benzene rings is 2. The van der Waals surface area contributed by atoms with E-state index in [-0.39, 0.29) is 10.8 Å². The van der Waals surface area contributed by atoms with Crippen molar-refractivity contribution in [3.8, 4) is 11.5 Å². The monoisotopic (exact) mass is 338 g/mol. The van der Waals surface area contributed by atoms with Crippen molar-refractivity contribution in [2.24, 2.45) is 0 Å². The molecule has 0 heterocycles. The van der Waals surface area contributed by atoms with Crippen molar-refractivity contribution in [3.05, 3.63) is 59.7 Å². The molecule has 2 aromatic rings. The van der Waals surface area contributed by atoms with E-state index in [0.29, 0.717) is 0 Å². The third-order valence-corrected chi connectivity index (χ3v) is 5.20. The van der Waals surface area contributed by atoms with Gasteiger partial charge in [0.1, 0.15) is 11.5 Å². The molecule has 0 saturated carbocycles. The fraction of sp³-hybridized carbons (Fsp3) is 0.500. The Bertz CT molecular complexity index is 622. The Balaban J connectivity index is 2.43. The van der Waals surface area contributed by atoms with Crippen molar-refractivity contribution in [1.82, 2.24) is 0 Å². The maximum absolute atomic E-state index is 6.51. The van der Waals surface area contributed by atoms with Gasteiger partial charge in [0.25, 0.3) is 0 Å². The summed E-state index contributed by atoms with van der Waals surface area (Å²) in [5, 5.41) is 0. The number of rotatable bonds is 8. The van der Waals surface area contributed by atoms with Gasteiger partial charge in [0, 0.05) is 11.1 Å². The van der Waals surface area contributed by atoms with E-state index in [4.69, 9.17) is 4.74 Å². The molecule has 1 nitrogen and oxygen atoms in total. The molecule has 0 aromatic heterocycles. The van der Waals surface area contributed by atoms with Crippen LogP contribution in [0.1, 0.15) is 78.4 Å². The van der Waals surface area contributed by atoms with E-state index in [1.165, 1.54) is 24.0 Å². The Hall–Kier alpha value is -1.76. The first-order valence-corrected chi connectivity index (χ1v) is 9.68. The Morgan fingerprint density at radius 2 is 1.00 bits per heavy atom. The highest BCUT2D eigenvalue weighted by Gasteiger charge is 2.26. The molecule has 25 heavy (non-hydrogen) atoms. The van der Waals surface area contributed by atoms with Crippen LogP contribution in [0.3, 0.4) is 0 Å². The summed E-state index contributed by atoms with van der Waals surface area (Å²) in [6.45, 7) is 13.7. The van der Waals surface area contributed by atoms with Crippen molar-refractivity contribution < 1.29 is 4.74 Å². The van der Waals surface area contributed by atoms with Gasteiger partial charge >= 0.3 is 0 Å². The van der Waals surface area contributed by atoms with Crippen LogP contribution in [0.15, 0.2) is 48.5 Å². The lowest BCUT2D eigenvalue weighted by molar-refractivity contribution is 0.402. The highest BCUT2D eigenvalue weighted by atomic mass is 16.5. The number of hydrogen-bond donors (Lipinski definition) is 0. The number of ether oxygens (including phenoxy) is 1. The maximum Gasteiger partial charge on any atom is 0.131 e. The maximum atomic E-state index is 6.51. The molecule has 0 aliphatic heterocycles. The molecule has 0 unspecified atom stereocenters. The first kappa shape index (κ1) is 19.6. The molecular weight excluding hydrogens is 304 g/mol. The highest BCUT2D eigenvalue weighted by Crippen LogP contribution is 2.41. The predicted molar refractivity (Wildman–Crippen MR) is 109 cm³/mol. The topological polar surface area (TPSA) is 9.23 Å². The predicted octanol–water partition coefficient (Wildman–Crippen LogP) is 7.63. The van der Waals surface area contributed by atoms with Crippen LogP contribution in [-0.2, 0) is 10.8 Å². The molecule has 0 aliphatic carbocycles. The van der Waals surface area contributed by atoms with E-state index in [1.807, 2.05) is 0 Å². The van der Waals surface area contributed by atoms with E-state index in [9.17, 15) is 0 Å². The van der Waals surface area contributed by atoms with Gasteiger partial charge < -0.3 is 4.74 Å². The molecule has 0 spiro atoms. The second-order valence-electron chi connectivity index (χ2n) is 8.36. The number of hydrogen-bond acceptors (Lipinski definition) is 1. The lowest BCUT2D eigenvalue weighted by atomic mass is 9.79. The van der Waals surface area contributed by atoms with Crippen molar-refractivity contribution in [2.45, 2.75) is 78.1 Å². The van der Waals surface area contributed by atoms with E-state index < -0.39 is 0 Å². The smallest absolute Gasteiger partial charge is 0.131 e. The largest absolute Gasteiger partial charge is 0.457 e. The van der Waals surface area contributed by atoms with Gasteiger partial charge in [-0.25, -0.2) is 0 Å². The SMILES string of the molecule is CCCC(C)(C)c1ccccc1Oc1ccccc1C(C)(C)CCC. The lowest BCUT2D eigenvalue weighted by Crippen LogP contribution is -2.19. The second-order valence-corrected chi connectivity index (χ2v) is 8.36. The highest BCUT2D eigenvalue weighted by molar-refractivity contribution is 5.46. The molecule has 0 fully saturated rings. The summed E-state index contributed by atoms with van der Waals surface area (Å²) < 4.78 is 6.51. The lowest BCUT2D eigenvalue weighted by Gasteiger charge is -2.30. The minimum atomic E-state index is 0.110. The Morgan fingerprint density at radius 1 is 0.640 bits per heavy atom. The van der Waals surface area contributed by atoms with Crippen molar-refractivity contribution >= 4 is 0 Å². The average Bonchev–Trinajstić information content (AvgIpc) is 2.55. The summed E-state index contributed by atoms with van der Waals surface area (Å²) >= 11 is 0. The van der Waals surface area contributed by atoms with Gasteiger partial charge in [-0.3, -0.25) is 0 Å². The molecule has 0 bridgehead atoms. The van der Waals surface area contributed by atoms with Crippen LogP contribution in [0.25, 0.3) is 0 Å². The van der Waals surface area contributed by atoms with Gasteiger partial charge in [0.15, 0.2) is 0 Å². The Kier molecular flexibility index (Phi) is 6.32. The minimum Gasteiger partial charge on any atom is -0.457 e. The normalized spacial score (nSPS) is 12.2. The first-order valence-electron chi connectivity index (χ1n) is 9.68. The van der Waals surface area contributed by atoms with Crippen LogP contribution in [0.4, 0.5) is 0 Å². The van der Waals surface area contributed by atoms with Crippen LogP contribution in [0.2, 0.25) is 0 Å². The van der Waals surface area contributed by atoms with Gasteiger partial charge in [0.2, 0.25) is 0 Å². The van der Waals surface area contributed by atoms with Crippen LogP contribution in [0, 0.1) is 0 Å². The molecule has 136 valence electrons. The van der Waals surface area contributed by atoms with E-state index in [0.717, 1.165) is 24.3 Å². The molecule has 0 N–H and O–H groups in total. The van der Waals surface area contributed by atoms with Gasteiger partial charge in [0.05, 0.1) is 0 Å². The zero-order chi connectivity index (χ0) is 18.5. The summed E-state index contributed by atoms with van der Waals surface area (Å²) in [7, 11) is 0. The molecule has 2 rings (SSSR count). The van der Waals surface area contributed by atoms with Crippen LogP contribution in [0.5, 0.6) is 11.5 Å². The van der Waals surface area contributed by atoms with Gasteiger partial charge in [-0.2, -0.15) is 0 Å². The molecule has 0 saturated heterocycles. The molecular formula is C24H34O. The second kappa shape index (κ2) is 8.08. The van der Waals surface area contributed by atoms with Gasteiger partial charge in [-0.05, 0) is 35.8 Å². The summed E-state index contributed by atoms with van der Waals surface area (Å²) in [5.74, 6) is 1.97. The average molecular weight is 339 g/mol. The van der Waals surface area contributed by atoms with E-state index >= 15 is 0 Å². The molecule has 0 aliphatic rings. The van der Waals surface area contributed by atoms with E-state index in [2.05, 4.69) is 90.1 Å². The van der Waals surface area contributed by atoms with Crippen molar-refractivity contribution in [1.29, 1.82) is 0 Å². The van der Waals surface area contributed by atoms with Crippen molar-refractivity contribution in [2.75, 3.05) is 0 Å². The Morgan fingerprint density at radius 3 is 1.36 bits per heavy atom. The quantitative estimate of drug-likeness (QED) is 0.480. The summed E-state index contributed by atoms with van der Waals surface area (Å²) in [5.41, 5.74) is 2.80.